The van der Waals surface area contributed by atoms with E-state index in [2.05, 4.69) is 20.1 Å². The van der Waals surface area contributed by atoms with Crippen molar-refractivity contribution < 1.29 is 9.32 Å². The van der Waals surface area contributed by atoms with E-state index in [0.717, 1.165) is 0 Å². The Morgan fingerprint density at radius 1 is 1.33 bits per heavy atom. The summed E-state index contributed by atoms with van der Waals surface area (Å²) in [7, 11) is 1.59. The number of carbonyl (C=O) groups is 1. The van der Waals surface area contributed by atoms with Crippen LogP contribution in [0.15, 0.2) is 52.4 Å². The van der Waals surface area contributed by atoms with Crippen molar-refractivity contribution >= 4 is 5.91 Å². The highest BCUT2D eigenvalue weighted by atomic mass is 16.5. The van der Waals surface area contributed by atoms with Crippen LogP contribution in [-0.2, 0) is 0 Å². The highest BCUT2D eigenvalue weighted by Crippen LogP contribution is 2.18. The molecular formula is C16H15N5O3. The van der Waals surface area contributed by atoms with Gasteiger partial charge in [-0.3, -0.25) is 14.6 Å². The number of rotatable bonds is 4. The molecule has 0 unspecified atom stereocenters. The number of amides is 1. The SMILES string of the molecule is C[C@@H](c1ccon1)N(C)C(=O)c1cnc(-c2cccnc2)[nH]c1=O. The molecule has 3 aromatic heterocycles. The van der Waals surface area contributed by atoms with Gasteiger partial charge in [0.05, 0.1) is 6.04 Å². The minimum atomic E-state index is -0.506. The van der Waals surface area contributed by atoms with Crippen molar-refractivity contribution in [1.29, 1.82) is 0 Å². The summed E-state index contributed by atoms with van der Waals surface area (Å²) in [6, 6.07) is 4.84. The highest BCUT2D eigenvalue weighted by molar-refractivity contribution is 5.93. The Labute approximate surface area is 137 Å². The second-order valence-electron chi connectivity index (χ2n) is 5.23. The zero-order valence-electron chi connectivity index (χ0n) is 13.1. The molecule has 8 nitrogen and oxygen atoms in total. The molecule has 0 saturated heterocycles. The van der Waals surface area contributed by atoms with E-state index in [-0.39, 0.29) is 11.6 Å². The summed E-state index contributed by atoms with van der Waals surface area (Å²) in [6.45, 7) is 1.79. The summed E-state index contributed by atoms with van der Waals surface area (Å²) < 4.78 is 4.79. The molecule has 24 heavy (non-hydrogen) atoms. The zero-order valence-corrected chi connectivity index (χ0v) is 13.1. The lowest BCUT2D eigenvalue weighted by Crippen LogP contribution is -2.34. The topological polar surface area (TPSA) is 105 Å². The predicted molar refractivity (Wildman–Crippen MR) is 85.1 cm³/mol. The number of pyridine rings is 1. The monoisotopic (exact) mass is 325 g/mol. The van der Waals surface area contributed by atoms with Crippen molar-refractivity contribution in [2.24, 2.45) is 0 Å². The predicted octanol–water partition coefficient (Wildman–Crippen LogP) is 1.65. The first-order valence-corrected chi connectivity index (χ1v) is 7.25. The maximum atomic E-state index is 12.5. The molecule has 0 spiro atoms. The molecule has 3 aromatic rings. The maximum absolute atomic E-state index is 12.5. The van der Waals surface area contributed by atoms with Crippen LogP contribution in [0.1, 0.15) is 29.0 Å². The molecule has 0 aliphatic carbocycles. The Balaban J connectivity index is 1.87. The Bertz CT molecular complexity index is 890. The number of hydrogen-bond donors (Lipinski definition) is 1. The van der Waals surface area contributed by atoms with Gasteiger partial charge in [0.1, 0.15) is 23.3 Å². The van der Waals surface area contributed by atoms with Crippen LogP contribution >= 0.6 is 0 Å². The zero-order chi connectivity index (χ0) is 17.1. The van der Waals surface area contributed by atoms with E-state index in [9.17, 15) is 9.59 Å². The average molecular weight is 325 g/mol. The third-order valence-electron chi connectivity index (χ3n) is 3.75. The summed E-state index contributed by atoms with van der Waals surface area (Å²) in [4.78, 5) is 37.0. The number of carbonyl (C=O) groups excluding carboxylic acids is 1. The first-order valence-electron chi connectivity index (χ1n) is 7.25. The van der Waals surface area contributed by atoms with Crippen molar-refractivity contribution in [2.45, 2.75) is 13.0 Å². The Kier molecular flexibility index (Phi) is 4.19. The highest BCUT2D eigenvalue weighted by Gasteiger charge is 2.23. The van der Waals surface area contributed by atoms with Gasteiger partial charge in [0.2, 0.25) is 0 Å². The second-order valence-corrected chi connectivity index (χ2v) is 5.23. The van der Waals surface area contributed by atoms with Gasteiger partial charge in [0.25, 0.3) is 11.5 Å². The van der Waals surface area contributed by atoms with Gasteiger partial charge in [-0.25, -0.2) is 4.98 Å². The second kappa shape index (κ2) is 6.45. The number of hydrogen-bond acceptors (Lipinski definition) is 6. The molecule has 3 rings (SSSR count). The van der Waals surface area contributed by atoms with Gasteiger partial charge in [0, 0.05) is 37.3 Å². The number of nitrogens with one attached hydrogen (secondary N) is 1. The van der Waals surface area contributed by atoms with Crippen LogP contribution < -0.4 is 5.56 Å². The van der Waals surface area contributed by atoms with E-state index in [1.807, 2.05) is 0 Å². The Morgan fingerprint density at radius 2 is 2.17 bits per heavy atom. The molecule has 8 heteroatoms. The fourth-order valence-electron chi connectivity index (χ4n) is 2.20. The van der Waals surface area contributed by atoms with Crippen LogP contribution in [0.5, 0.6) is 0 Å². The number of aromatic nitrogens is 4. The van der Waals surface area contributed by atoms with Gasteiger partial charge in [-0.05, 0) is 19.1 Å². The summed E-state index contributed by atoms with van der Waals surface area (Å²) in [5.41, 5.74) is 0.716. The molecule has 1 N–H and O–H groups in total. The average Bonchev–Trinajstić information content (AvgIpc) is 3.15. The molecule has 1 amide bonds. The van der Waals surface area contributed by atoms with Gasteiger partial charge >= 0.3 is 0 Å². The normalized spacial score (nSPS) is 11.9. The van der Waals surface area contributed by atoms with Crippen LogP contribution in [0, 0.1) is 0 Å². The minimum absolute atomic E-state index is 0.0412. The smallest absolute Gasteiger partial charge is 0.264 e. The van der Waals surface area contributed by atoms with Crippen LogP contribution in [0.4, 0.5) is 0 Å². The summed E-state index contributed by atoms with van der Waals surface area (Å²) in [5.74, 6) is -0.0890. The van der Waals surface area contributed by atoms with Crippen LogP contribution in [0.3, 0.4) is 0 Å². The summed E-state index contributed by atoms with van der Waals surface area (Å²) >= 11 is 0. The van der Waals surface area contributed by atoms with E-state index in [1.54, 1.807) is 44.6 Å². The molecule has 0 fully saturated rings. The molecule has 0 aromatic carbocycles. The molecule has 3 heterocycles. The summed E-state index contributed by atoms with van der Waals surface area (Å²) in [6.07, 6.45) is 5.91. The standard InChI is InChI=1S/C16H15N5O3/c1-10(13-5-7-24-20-13)21(2)16(23)12-9-18-14(19-15(12)22)11-4-3-6-17-8-11/h3-10H,1-2H3,(H,18,19,22)/t10-/m0/s1. The molecule has 0 aliphatic rings. The van der Waals surface area contributed by atoms with Crippen molar-refractivity contribution in [1.82, 2.24) is 25.0 Å². The number of H-pyrrole nitrogens is 1. The first-order chi connectivity index (χ1) is 11.6. The summed E-state index contributed by atoms with van der Waals surface area (Å²) in [5, 5.41) is 3.81. The molecule has 0 radical (unpaired) electrons. The van der Waals surface area contributed by atoms with Gasteiger partial charge in [-0.15, -0.1) is 0 Å². The number of nitrogens with zero attached hydrogens (tertiary/aromatic N) is 4. The quantitative estimate of drug-likeness (QED) is 0.782. The Morgan fingerprint density at radius 3 is 2.79 bits per heavy atom. The number of aromatic amines is 1. The van der Waals surface area contributed by atoms with Gasteiger partial charge in [-0.1, -0.05) is 5.16 Å². The third kappa shape index (κ3) is 2.94. The van der Waals surface area contributed by atoms with E-state index < -0.39 is 11.5 Å². The lowest BCUT2D eigenvalue weighted by molar-refractivity contribution is 0.0735. The molecule has 1 atom stereocenters. The first kappa shape index (κ1) is 15.6. The van der Waals surface area contributed by atoms with E-state index in [4.69, 9.17) is 4.52 Å². The molecule has 0 saturated carbocycles. The third-order valence-corrected chi connectivity index (χ3v) is 3.75. The van der Waals surface area contributed by atoms with Gasteiger partial charge in [-0.2, -0.15) is 0 Å². The van der Waals surface area contributed by atoms with Crippen molar-refractivity contribution in [2.75, 3.05) is 7.05 Å². The van der Waals surface area contributed by atoms with Crippen LogP contribution in [0.25, 0.3) is 11.4 Å². The maximum Gasteiger partial charge on any atom is 0.264 e. The van der Waals surface area contributed by atoms with Crippen LogP contribution in [0.2, 0.25) is 0 Å². The molecule has 0 aliphatic heterocycles. The van der Waals surface area contributed by atoms with E-state index in [1.165, 1.54) is 17.4 Å². The minimum Gasteiger partial charge on any atom is -0.364 e. The largest absolute Gasteiger partial charge is 0.364 e. The molecular weight excluding hydrogens is 310 g/mol. The van der Waals surface area contributed by atoms with Crippen molar-refractivity contribution in [3.63, 3.8) is 0 Å². The molecule has 0 bridgehead atoms. The fourth-order valence-corrected chi connectivity index (χ4v) is 2.20. The van der Waals surface area contributed by atoms with Crippen molar-refractivity contribution in [3.05, 3.63) is 64.7 Å². The van der Waals surface area contributed by atoms with Crippen molar-refractivity contribution in [3.8, 4) is 11.4 Å². The van der Waals surface area contributed by atoms with Crippen LogP contribution in [-0.4, -0.2) is 38.0 Å². The Hall–Kier alpha value is -3.29. The lowest BCUT2D eigenvalue weighted by atomic mass is 10.2. The fraction of sp³-hybridized carbons (Fsp3) is 0.188. The molecule has 122 valence electrons. The van der Waals surface area contributed by atoms with Gasteiger partial charge < -0.3 is 14.4 Å². The van der Waals surface area contributed by atoms with Gasteiger partial charge in [0.15, 0.2) is 0 Å². The van der Waals surface area contributed by atoms with E-state index >= 15 is 0 Å². The lowest BCUT2D eigenvalue weighted by Gasteiger charge is -2.22. The van der Waals surface area contributed by atoms with E-state index in [0.29, 0.717) is 17.1 Å².